The van der Waals surface area contributed by atoms with Gasteiger partial charge in [0.1, 0.15) is 5.54 Å². The number of likely N-dealkylation sites (tertiary alicyclic amines) is 1. The van der Waals surface area contributed by atoms with E-state index in [2.05, 4.69) is 26.5 Å². The number of aromatic nitrogens is 2. The summed E-state index contributed by atoms with van der Waals surface area (Å²) in [6.45, 7) is 3.74. The van der Waals surface area contributed by atoms with Crippen LogP contribution >= 0.6 is 0 Å². The molecule has 2 N–H and O–H groups in total. The summed E-state index contributed by atoms with van der Waals surface area (Å²) in [5.41, 5.74) is 0.496. The lowest BCUT2D eigenvalue weighted by atomic mass is 9.82. The summed E-state index contributed by atoms with van der Waals surface area (Å²) in [7, 11) is 0. The van der Waals surface area contributed by atoms with Gasteiger partial charge in [-0.25, -0.2) is 0 Å². The molecule has 2 aliphatic rings. The highest BCUT2D eigenvalue weighted by atomic mass is 16.2. The van der Waals surface area contributed by atoms with Gasteiger partial charge in [-0.3, -0.25) is 14.8 Å². The number of nitrogens with one attached hydrogen (secondary N) is 2. The van der Waals surface area contributed by atoms with E-state index in [4.69, 9.17) is 0 Å². The highest BCUT2D eigenvalue weighted by Crippen LogP contribution is 2.29. The van der Waals surface area contributed by atoms with Crippen molar-refractivity contribution >= 4 is 5.91 Å². The second kappa shape index (κ2) is 7.35. The summed E-state index contributed by atoms with van der Waals surface area (Å²) in [4.78, 5) is 15.0. The van der Waals surface area contributed by atoms with Crippen LogP contribution in [0.1, 0.15) is 63.5 Å². The third kappa shape index (κ3) is 3.62. The number of nitrogens with zero attached hydrogens (tertiary/aromatic N) is 3. The van der Waals surface area contributed by atoms with Crippen molar-refractivity contribution in [3.63, 3.8) is 0 Å². The highest BCUT2D eigenvalue weighted by molar-refractivity contribution is 5.82. The zero-order valence-electron chi connectivity index (χ0n) is 14.4. The summed E-state index contributed by atoms with van der Waals surface area (Å²) < 4.78 is 0. The summed E-state index contributed by atoms with van der Waals surface area (Å²) >= 11 is 0. The van der Waals surface area contributed by atoms with Gasteiger partial charge < -0.3 is 5.32 Å². The Morgan fingerprint density at radius 1 is 1.46 bits per heavy atom. The zero-order valence-corrected chi connectivity index (χ0v) is 14.4. The molecule has 6 heteroatoms. The van der Waals surface area contributed by atoms with Crippen LogP contribution in [0.2, 0.25) is 0 Å². The fraction of sp³-hybridized carbons (Fsp3) is 0.722. The molecule has 0 radical (unpaired) electrons. The molecule has 1 amide bonds. The molecule has 0 unspecified atom stereocenters. The van der Waals surface area contributed by atoms with Gasteiger partial charge in [-0.2, -0.15) is 10.4 Å². The van der Waals surface area contributed by atoms with E-state index >= 15 is 0 Å². The molecule has 3 rings (SSSR count). The van der Waals surface area contributed by atoms with Gasteiger partial charge >= 0.3 is 0 Å². The molecule has 0 bridgehead atoms. The van der Waals surface area contributed by atoms with Gasteiger partial charge in [-0.1, -0.05) is 19.3 Å². The maximum Gasteiger partial charge on any atom is 0.238 e. The number of carbonyl (C=O) groups is 1. The molecular weight excluding hydrogens is 302 g/mol. The molecule has 1 saturated carbocycles. The Morgan fingerprint density at radius 2 is 2.25 bits per heavy atom. The predicted octanol–water partition coefficient (Wildman–Crippen LogP) is 2.32. The van der Waals surface area contributed by atoms with Crippen molar-refractivity contribution in [3.8, 4) is 6.07 Å². The van der Waals surface area contributed by atoms with E-state index in [-0.39, 0.29) is 11.9 Å². The molecule has 1 aromatic rings. The van der Waals surface area contributed by atoms with Gasteiger partial charge in [0.05, 0.1) is 12.1 Å². The molecule has 1 saturated heterocycles. The first-order chi connectivity index (χ1) is 11.6. The Hall–Kier alpha value is -1.87. The molecule has 2 heterocycles. The summed E-state index contributed by atoms with van der Waals surface area (Å²) in [5, 5.41) is 19.7. The van der Waals surface area contributed by atoms with Crippen LogP contribution < -0.4 is 5.32 Å². The van der Waals surface area contributed by atoms with Crippen LogP contribution in [-0.2, 0) is 4.79 Å². The van der Waals surface area contributed by atoms with Gasteiger partial charge in [0.15, 0.2) is 0 Å². The molecular formula is C18H27N5O. The number of nitriles is 1. The fourth-order valence-corrected chi connectivity index (χ4v) is 4.03. The second-order valence-corrected chi connectivity index (χ2v) is 7.27. The first-order valence-corrected chi connectivity index (χ1v) is 9.10. The summed E-state index contributed by atoms with van der Waals surface area (Å²) in [6.07, 6.45) is 8.73. The van der Waals surface area contributed by atoms with E-state index in [0.717, 1.165) is 63.7 Å². The summed E-state index contributed by atoms with van der Waals surface area (Å²) in [6, 6.07) is 4.19. The number of rotatable bonds is 4. The molecule has 2 atom stereocenters. The van der Waals surface area contributed by atoms with Gasteiger partial charge in [0, 0.05) is 24.4 Å². The number of amides is 1. The van der Waals surface area contributed by atoms with E-state index in [9.17, 15) is 10.1 Å². The Labute approximate surface area is 143 Å². The van der Waals surface area contributed by atoms with Crippen LogP contribution in [0.15, 0.2) is 12.3 Å². The molecule has 0 spiro atoms. The quantitative estimate of drug-likeness (QED) is 0.888. The predicted molar refractivity (Wildman–Crippen MR) is 91.2 cm³/mol. The number of H-pyrrole nitrogens is 1. The van der Waals surface area contributed by atoms with Crippen molar-refractivity contribution in [2.45, 2.75) is 69.4 Å². The number of hydrogen-bond acceptors (Lipinski definition) is 4. The standard InChI is InChI=1S/C18H27N5O/c1-14(17(24)21-18(13-19)8-3-2-4-9-18)23-11-5-6-15(12-23)16-7-10-20-22-16/h7,10,14-15H,2-6,8-9,11-12H2,1H3,(H,20,22)(H,21,24)/t14-,15+/m1/s1. The average molecular weight is 329 g/mol. The van der Waals surface area contributed by atoms with Crippen LogP contribution in [0.3, 0.4) is 0 Å². The normalized spacial score (nSPS) is 25.6. The Balaban J connectivity index is 1.61. The van der Waals surface area contributed by atoms with Crippen molar-refractivity contribution in [2.75, 3.05) is 13.1 Å². The SMILES string of the molecule is C[C@H](C(=O)NC1(C#N)CCCCC1)N1CCC[C@H](c2ccn[nH]2)C1. The van der Waals surface area contributed by atoms with Crippen LogP contribution in [0.4, 0.5) is 0 Å². The minimum absolute atomic E-state index is 0.0105. The van der Waals surface area contributed by atoms with Gasteiger partial charge in [-0.05, 0) is 45.2 Å². The van der Waals surface area contributed by atoms with E-state index in [1.165, 1.54) is 0 Å². The third-order valence-electron chi connectivity index (χ3n) is 5.63. The van der Waals surface area contributed by atoms with E-state index in [1.807, 2.05) is 13.0 Å². The number of aromatic amines is 1. The lowest BCUT2D eigenvalue weighted by molar-refractivity contribution is -0.128. The number of hydrogen-bond donors (Lipinski definition) is 2. The molecule has 1 aliphatic heterocycles. The largest absolute Gasteiger partial charge is 0.336 e. The first kappa shape index (κ1) is 17.0. The van der Waals surface area contributed by atoms with E-state index in [1.54, 1.807) is 6.20 Å². The highest BCUT2D eigenvalue weighted by Gasteiger charge is 2.36. The van der Waals surface area contributed by atoms with Crippen LogP contribution in [0.25, 0.3) is 0 Å². The monoisotopic (exact) mass is 329 g/mol. The van der Waals surface area contributed by atoms with E-state index in [0.29, 0.717) is 5.92 Å². The minimum atomic E-state index is -0.651. The molecule has 24 heavy (non-hydrogen) atoms. The fourth-order valence-electron chi connectivity index (χ4n) is 4.03. The lowest BCUT2D eigenvalue weighted by Crippen LogP contribution is -2.56. The maximum atomic E-state index is 12.7. The van der Waals surface area contributed by atoms with Gasteiger partial charge in [0.25, 0.3) is 0 Å². The number of carbonyl (C=O) groups excluding carboxylic acids is 1. The molecule has 6 nitrogen and oxygen atoms in total. The van der Waals surface area contributed by atoms with Crippen LogP contribution in [0.5, 0.6) is 0 Å². The smallest absolute Gasteiger partial charge is 0.238 e. The van der Waals surface area contributed by atoms with Crippen LogP contribution in [0, 0.1) is 11.3 Å². The zero-order chi connectivity index (χ0) is 17.0. The average Bonchev–Trinajstić information content (AvgIpc) is 3.16. The van der Waals surface area contributed by atoms with Gasteiger partial charge in [-0.15, -0.1) is 0 Å². The number of piperidine rings is 1. The summed E-state index contributed by atoms with van der Waals surface area (Å²) in [5.74, 6) is 0.389. The van der Waals surface area contributed by atoms with Crippen molar-refractivity contribution < 1.29 is 4.79 Å². The van der Waals surface area contributed by atoms with E-state index < -0.39 is 5.54 Å². The van der Waals surface area contributed by atoms with Crippen molar-refractivity contribution in [1.29, 1.82) is 5.26 Å². The Kier molecular flexibility index (Phi) is 5.20. The molecule has 130 valence electrons. The topological polar surface area (TPSA) is 84.8 Å². The molecule has 2 fully saturated rings. The third-order valence-corrected chi connectivity index (χ3v) is 5.63. The van der Waals surface area contributed by atoms with Crippen molar-refractivity contribution in [2.24, 2.45) is 0 Å². The minimum Gasteiger partial charge on any atom is -0.336 e. The molecule has 0 aromatic carbocycles. The Bertz CT molecular complexity index is 585. The molecule has 1 aromatic heterocycles. The van der Waals surface area contributed by atoms with Crippen LogP contribution in [-0.4, -0.2) is 45.7 Å². The first-order valence-electron chi connectivity index (χ1n) is 9.10. The van der Waals surface area contributed by atoms with Crippen molar-refractivity contribution in [3.05, 3.63) is 18.0 Å². The lowest BCUT2D eigenvalue weighted by Gasteiger charge is -2.38. The maximum absolute atomic E-state index is 12.7. The second-order valence-electron chi connectivity index (χ2n) is 7.27. The Morgan fingerprint density at radius 3 is 2.92 bits per heavy atom. The van der Waals surface area contributed by atoms with Gasteiger partial charge in [0.2, 0.25) is 5.91 Å². The molecule has 1 aliphatic carbocycles. The van der Waals surface area contributed by atoms with Crippen molar-refractivity contribution in [1.82, 2.24) is 20.4 Å².